The van der Waals surface area contributed by atoms with Crippen LogP contribution in [0.25, 0.3) is 0 Å². The smallest absolute Gasteiger partial charge is 0.295 e. The standard InChI is InChI=1S/C16H22FN3O2/c17-13-11-16(20(21)22)15(19-9-5-6-10-19)12-14(13)18-7-3-1-2-4-8-18/h11-12H,1-10H2. The van der Waals surface area contributed by atoms with Gasteiger partial charge in [0, 0.05) is 26.2 Å². The van der Waals surface area contributed by atoms with Crippen LogP contribution in [0.1, 0.15) is 38.5 Å². The Morgan fingerprint density at radius 3 is 1.91 bits per heavy atom. The highest BCUT2D eigenvalue weighted by Crippen LogP contribution is 2.37. The summed E-state index contributed by atoms with van der Waals surface area (Å²) >= 11 is 0. The molecule has 2 fully saturated rings. The van der Waals surface area contributed by atoms with Gasteiger partial charge in [0.1, 0.15) is 5.69 Å². The fourth-order valence-electron chi connectivity index (χ4n) is 3.45. The first kappa shape index (κ1) is 15.1. The third kappa shape index (κ3) is 3.00. The van der Waals surface area contributed by atoms with Crippen molar-refractivity contribution in [2.45, 2.75) is 38.5 Å². The molecule has 2 heterocycles. The van der Waals surface area contributed by atoms with Crippen LogP contribution in [0.5, 0.6) is 0 Å². The van der Waals surface area contributed by atoms with Crippen LogP contribution in [0, 0.1) is 15.9 Å². The molecule has 0 radical (unpaired) electrons. The topological polar surface area (TPSA) is 49.6 Å². The summed E-state index contributed by atoms with van der Waals surface area (Å²) < 4.78 is 14.4. The Kier molecular flexibility index (Phi) is 4.45. The van der Waals surface area contributed by atoms with E-state index >= 15 is 0 Å². The molecule has 0 atom stereocenters. The van der Waals surface area contributed by atoms with E-state index < -0.39 is 10.7 Å². The summed E-state index contributed by atoms with van der Waals surface area (Å²) in [7, 11) is 0. The van der Waals surface area contributed by atoms with Crippen LogP contribution in [0.3, 0.4) is 0 Å². The zero-order valence-electron chi connectivity index (χ0n) is 12.8. The van der Waals surface area contributed by atoms with Gasteiger partial charge in [0.05, 0.1) is 16.7 Å². The second kappa shape index (κ2) is 6.50. The fraction of sp³-hybridized carbons (Fsp3) is 0.625. The average Bonchev–Trinajstić information content (AvgIpc) is 2.89. The van der Waals surface area contributed by atoms with Crippen molar-refractivity contribution in [3.05, 3.63) is 28.1 Å². The van der Waals surface area contributed by atoms with Crippen molar-refractivity contribution in [2.75, 3.05) is 36.0 Å². The lowest BCUT2D eigenvalue weighted by atomic mass is 10.2. The maximum absolute atomic E-state index is 14.4. The Hall–Kier alpha value is -1.85. The van der Waals surface area contributed by atoms with E-state index in [1.807, 2.05) is 9.80 Å². The zero-order chi connectivity index (χ0) is 15.5. The summed E-state index contributed by atoms with van der Waals surface area (Å²) in [6, 6.07) is 2.80. The minimum Gasteiger partial charge on any atom is -0.369 e. The van der Waals surface area contributed by atoms with E-state index in [1.165, 1.54) is 12.8 Å². The lowest BCUT2D eigenvalue weighted by molar-refractivity contribution is -0.384. The van der Waals surface area contributed by atoms with E-state index in [4.69, 9.17) is 0 Å². The molecule has 5 nitrogen and oxygen atoms in total. The molecule has 22 heavy (non-hydrogen) atoms. The van der Waals surface area contributed by atoms with Crippen LogP contribution in [0.4, 0.5) is 21.5 Å². The molecule has 0 aliphatic carbocycles. The van der Waals surface area contributed by atoms with Crippen molar-refractivity contribution in [3.63, 3.8) is 0 Å². The van der Waals surface area contributed by atoms with Gasteiger partial charge in [0.2, 0.25) is 0 Å². The first-order valence-electron chi connectivity index (χ1n) is 8.14. The molecule has 3 rings (SSSR count). The van der Waals surface area contributed by atoms with Crippen LogP contribution in [0.15, 0.2) is 12.1 Å². The first-order valence-corrected chi connectivity index (χ1v) is 8.14. The molecule has 0 unspecified atom stereocenters. The summed E-state index contributed by atoms with van der Waals surface area (Å²) in [5.74, 6) is -0.475. The molecule has 0 amide bonds. The Labute approximate surface area is 129 Å². The number of anilines is 2. The van der Waals surface area contributed by atoms with E-state index in [1.54, 1.807) is 6.07 Å². The second-order valence-corrected chi connectivity index (χ2v) is 6.14. The van der Waals surface area contributed by atoms with Crippen molar-refractivity contribution in [1.29, 1.82) is 0 Å². The largest absolute Gasteiger partial charge is 0.369 e. The number of hydrogen-bond donors (Lipinski definition) is 0. The molecule has 1 aromatic rings. The number of nitrogens with zero attached hydrogens (tertiary/aromatic N) is 3. The van der Waals surface area contributed by atoms with Crippen molar-refractivity contribution in [2.24, 2.45) is 0 Å². The maximum Gasteiger partial charge on any atom is 0.295 e. The van der Waals surface area contributed by atoms with Gasteiger partial charge in [0.15, 0.2) is 5.82 Å². The summed E-state index contributed by atoms with van der Waals surface area (Å²) in [6.07, 6.45) is 6.51. The minimum atomic E-state index is -0.475. The van der Waals surface area contributed by atoms with Crippen LogP contribution in [-0.4, -0.2) is 31.1 Å². The zero-order valence-corrected chi connectivity index (χ0v) is 12.8. The van der Waals surface area contributed by atoms with Gasteiger partial charge in [-0.25, -0.2) is 4.39 Å². The molecule has 6 heteroatoms. The number of halogens is 1. The fourth-order valence-corrected chi connectivity index (χ4v) is 3.45. The molecule has 0 bridgehead atoms. The average molecular weight is 307 g/mol. The lowest BCUT2D eigenvalue weighted by Crippen LogP contribution is -2.26. The SMILES string of the molecule is O=[N+]([O-])c1cc(F)c(N2CCCCCC2)cc1N1CCCC1. The van der Waals surface area contributed by atoms with E-state index in [2.05, 4.69) is 0 Å². The highest BCUT2D eigenvalue weighted by Gasteiger charge is 2.26. The predicted octanol–water partition coefficient (Wildman–Crippen LogP) is 3.71. The molecule has 1 aromatic carbocycles. The van der Waals surface area contributed by atoms with E-state index in [-0.39, 0.29) is 5.69 Å². The lowest BCUT2D eigenvalue weighted by Gasteiger charge is -2.25. The highest BCUT2D eigenvalue weighted by molar-refractivity contribution is 5.71. The summed E-state index contributed by atoms with van der Waals surface area (Å²) in [5.41, 5.74) is 0.982. The van der Waals surface area contributed by atoms with E-state index in [0.717, 1.165) is 57.9 Å². The molecule has 2 aliphatic rings. The third-order valence-corrected chi connectivity index (χ3v) is 4.63. The molecular weight excluding hydrogens is 285 g/mol. The van der Waals surface area contributed by atoms with Crippen molar-refractivity contribution in [1.82, 2.24) is 0 Å². The van der Waals surface area contributed by atoms with Crippen molar-refractivity contribution < 1.29 is 9.31 Å². The van der Waals surface area contributed by atoms with Crippen LogP contribution < -0.4 is 9.80 Å². The summed E-state index contributed by atoms with van der Waals surface area (Å²) in [6.45, 7) is 3.28. The Balaban J connectivity index is 1.99. The number of benzene rings is 1. The molecule has 0 spiro atoms. The highest BCUT2D eigenvalue weighted by atomic mass is 19.1. The molecule has 0 aromatic heterocycles. The molecule has 2 saturated heterocycles. The minimum absolute atomic E-state index is 0.113. The molecule has 0 N–H and O–H groups in total. The normalized spacial score (nSPS) is 19.3. The number of nitro groups is 1. The van der Waals surface area contributed by atoms with E-state index in [9.17, 15) is 14.5 Å². The maximum atomic E-state index is 14.4. The van der Waals surface area contributed by atoms with Crippen LogP contribution >= 0.6 is 0 Å². The van der Waals surface area contributed by atoms with Gasteiger partial charge in [0.25, 0.3) is 5.69 Å². The van der Waals surface area contributed by atoms with Crippen LogP contribution in [0.2, 0.25) is 0 Å². The number of rotatable bonds is 3. The Morgan fingerprint density at radius 1 is 0.864 bits per heavy atom. The predicted molar refractivity (Wildman–Crippen MR) is 85.2 cm³/mol. The van der Waals surface area contributed by atoms with Gasteiger partial charge < -0.3 is 9.80 Å². The molecule has 2 aliphatic heterocycles. The number of nitro benzene ring substituents is 1. The van der Waals surface area contributed by atoms with Gasteiger partial charge in [-0.15, -0.1) is 0 Å². The van der Waals surface area contributed by atoms with Gasteiger partial charge >= 0.3 is 0 Å². The molecular formula is C16H22FN3O2. The second-order valence-electron chi connectivity index (χ2n) is 6.14. The summed E-state index contributed by atoms with van der Waals surface area (Å²) in [5, 5.41) is 11.3. The van der Waals surface area contributed by atoms with Gasteiger partial charge in [-0.05, 0) is 31.7 Å². The monoisotopic (exact) mass is 307 g/mol. The Morgan fingerprint density at radius 2 is 1.36 bits per heavy atom. The van der Waals surface area contributed by atoms with Crippen LogP contribution in [-0.2, 0) is 0 Å². The molecule has 0 saturated carbocycles. The van der Waals surface area contributed by atoms with E-state index in [0.29, 0.717) is 11.4 Å². The number of hydrogen-bond acceptors (Lipinski definition) is 4. The van der Waals surface area contributed by atoms with Gasteiger partial charge in [-0.1, -0.05) is 12.8 Å². The quantitative estimate of drug-likeness (QED) is 0.631. The van der Waals surface area contributed by atoms with Crippen molar-refractivity contribution >= 4 is 17.1 Å². The third-order valence-electron chi connectivity index (χ3n) is 4.63. The Bertz CT molecular complexity index is 551. The summed E-state index contributed by atoms with van der Waals surface area (Å²) in [4.78, 5) is 14.9. The van der Waals surface area contributed by atoms with Gasteiger partial charge in [-0.2, -0.15) is 0 Å². The molecule has 120 valence electrons. The first-order chi connectivity index (χ1) is 10.7. The van der Waals surface area contributed by atoms with Gasteiger partial charge in [-0.3, -0.25) is 10.1 Å². The van der Waals surface area contributed by atoms with Crippen molar-refractivity contribution in [3.8, 4) is 0 Å².